The SMILES string of the molecule is C[B-](C)([n+]1ccn(C(C)(C)C)c1)[n+]1ccn(C(C)(C)C)c1. The maximum Gasteiger partial charge on any atom is 0.375 e. The molecule has 2 aromatic rings. The van der Waals surface area contributed by atoms with Crippen LogP contribution in [0.1, 0.15) is 41.5 Å². The van der Waals surface area contributed by atoms with E-state index < -0.39 is 6.42 Å². The molecule has 0 aliphatic heterocycles. The van der Waals surface area contributed by atoms with Gasteiger partial charge in [0.15, 0.2) is 12.7 Å². The lowest BCUT2D eigenvalue weighted by molar-refractivity contribution is -0.686. The molecule has 0 N–H and O–H groups in total. The molecule has 0 aliphatic rings. The number of rotatable bonds is 2. The molecule has 116 valence electrons. The zero-order valence-electron chi connectivity index (χ0n) is 14.8. The van der Waals surface area contributed by atoms with Gasteiger partial charge in [-0.25, -0.2) is 9.13 Å². The van der Waals surface area contributed by atoms with E-state index in [1.807, 2.05) is 0 Å². The van der Waals surface area contributed by atoms with E-state index in [2.05, 4.69) is 111 Å². The normalized spacial score (nSPS) is 13.7. The Kier molecular flexibility index (Phi) is 3.59. The summed E-state index contributed by atoms with van der Waals surface area (Å²) in [5, 5.41) is 0. The lowest BCUT2D eigenvalue weighted by Crippen LogP contribution is -2.77. The summed E-state index contributed by atoms with van der Waals surface area (Å²) in [6.45, 7) is 17.9. The number of hydrogen-bond donors (Lipinski definition) is 0. The lowest BCUT2D eigenvalue weighted by Gasteiger charge is -2.24. The van der Waals surface area contributed by atoms with Crippen LogP contribution in [0, 0.1) is 0 Å². The molecule has 0 aliphatic carbocycles. The van der Waals surface area contributed by atoms with Crippen molar-refractivity contribution in [2.24, 2.45) is 0 Å². The summed E-state index contributed by atoms with van der Waals surface area (Å²) in [4.78, 5) is 0. The van der Waals surface area contributed by atoms with E-state index in [0.29, 0.717) is 0 Å². The molecule has 4 nitrogen and oxygen atoms in total. The fourth-order valence-corrected chi connectivity index (χ4v) is 2.43. The van der Waals surface area contributed by atoms with Crippen molar-refractivity contribution >= 4 is 6.42 Å². The maximum absolute atomic E-state index is 2.32. The third-order valence-corrected chi connectivity index (χ3v) is 4.32. The van der Waals surface area contributed by atoms with E-state index in [9.17, 15) is 0 Å². The molecule has 0 saturated carbocycles. The van der Waals surface area contributed by atoms with Gasteiger partial charge < -0.3 is 8.96 Å². The van der Waals surface area contributed by atoms with Gasteiger partial charge in [0.2, 0.25) is 0 Å². The number of imidazole rings is 2. The van der Waals surface area contributed by atoms with E-state index >= 15 is 0 Å². The standard InChI is InChI=1S/C16H30BN4/c1-15(2,3)18-9-11-20(13-18)17(7,8)21-12-10-19(14-21)16(4,5)6/h9-14H,1-8H3/q+1. The van der Waals surface area contributed by atoms with Gasteiger partial charge in [-0.2, -0.15) is 0 Å². The minimum absolute atomic E-state index is 0.111. The molecule has 0 fully saturated rings. The Hall–Kier alpha value is -1.52. The largest absolute Gasteiger partial charge is 0.394 e. The van der Waals surface area contributed by atoms with Crippen LogP contribution in [0.5, 0.6) is 0 Å². The maximum atomic E-state index is 2.32. The molecular weight excluding hydrogens is 259 g/mol. The van der Waals surface area contributed by atoms with Crippen LogP contribution in [0.25, 0.3) is 0 Å². The lowest BCUT2D eigenvalue weighted by atomic mass is 9.51. The molecule has 0 unspecified atom stereocenters. The van der Waals surface area contributed by atoms with Crippen LogP contribution in [-0.2, 0) is 11.1 Å². The van der Waals surface area contributed by atoms with Crippen molar-refractivity contribution in [1.82, 2.24) is 9.13 Å². The summed E-state index contributed by atoms with van der Waals surface area (Å²) in [6, 6.07) is 0. The monoisotopic (exact) mass is 289 g/mol. The summed E-state index contributed by atoms with van der Waals surface area (Å²) in [6.07, 6.45) is 12.2. The number of nitrogens with zero attached hydrogens (tertiary/aromatic N) is 4. The Balaban J connectivity index is 2.38. The van der Waals surface area contributed by atoms with Crippen LogP contribution < -0.4 is 8.96 Å². The van der Waals surface area contributed by atoms with Crippen molar-refractivity contribution < 1.29 is 8.96 Å². The summed E-state index contributed by atoms with van der Waals surface area (Å²) in [5.41, 5.74) is 0.221. The van der Waals surface area contributed by atoms with Gasteiger partial charge in [0.1, 0.15) is 23.5 Å². The highest BCUT2D eigenvalue weighted by Gasteiger charge is 2.33. The van der Waals surface area contributed by atoms with Crippen LogP contribution >= 0.6 is 0 Å². The van der Waals surface area contributed by atoms with Crippen LogP contribution in [0.15, 0.2) is 37.4 Å². The van der Waals surface area contributed by atoms with Crippen molar-refractivity contribution in [3.05, 3.63) is 37.4 Å². The highest BCUT2D eigenvalue weighted by molar-refractivity contribution is 6.59. The van der Waals surface area contributed by atoms with Gasteiger partial charge in [0, 0.05) is 0 Å². The second-order valence-corrected chi connectivity index (χ2v) is 8.60. The van der Waals surface area contributed by atoms with Crippen molar-refractivity contribution in [2.75, 3.05) is 0 Å². The molecule has 0 atom stereocenters. The zero-order valence-corrected chi connectivity index (χ0v) is 14.8. The van der Waals surface area contributed by atoms with Crippen molar-refractivity contribution in [3.8, 4) is 0 Å². The van der Waals surface area contributed by atoms with E-state index in [1.54, 1.807) is 0 Å². The third-order valence-electron chi connectivity index (χ3n) is 4.32. The molecule has 0 spiro atoms. The van der Waals surface area contributed by atoms with Crippen molar-refractivity contribution in [2.45, 2.75) is 66.3 Å². The predicted molar refractivity (Wildman–Crippen MR) is 87.5 cm³/mol. The summed E-state index contributed by atoms with van der Waals surface area (Å²) in [5.74, 6) is 0. The predicted octanol–water partition coefficient (Wildman–Crippen LogP) is 2.47. The van der Waals surface area contributed by atoms with Gasteiger partial charge in [0.25, 0.3) is 0 Å². The first-order valence-electron chi connectivity index (χ1n) is 7.85. The molecule has 5 heteroatoms. The second-order valence-electron chi connectivity index (χ2n) is 8.60. The van der Waals surface area contributed by atoms with Crippen LogP contribution in [0.3, 0.4) is 0 Å². The number of aromatic nitrogens is 4. The Morgan fingerprint density at radius 2 is 1.05 bits per heavy atom. The minimum Gasteiger partial charge on any atom is -0.394 e. The van der Waals surface area contributed by atoms with Gasteiger partial charge in [-0.3, -0.25) is 0 Å². The number of hydrogen-bond acceptors (Lipinski definition) is 0. The van der Waals surface area contributed by atoms with Gasteiger partial charge in [0.05, 0.1) is 12.4 Å². The average Bonchev–Trinajstić information content (AvgIpc) is 2.97. The Labute approximate surface area is 129 Å². The minimum atomic E-state index is -0.881. The first-order valence-corrected chi connectivity index (χ1v) is 7.85. The van der Waals surface area contributed by atoms with Crippen molar-refractivity contribution in [3.63, 3.8) is 0 Å². The van der Waals surface area contributed by atoms with Gasteiger partial charge in [-0.05, 0) is 41.5 Å². The van der Waals surface area contributed by atoms with Crippen molar-refractivity contribution in [1.29, 1.82) is 0 Å². The molecule has 2 aromatic heterocycles. The molecule has 0 saturated heterocycles. The van der Waals surface area contributed by atoms with Gasteiger partial charge in [-0.15, -0.1) is 13.6 Å². The van der Waals surface area contributed by atoms with Gasteiger partial charge in [-0.1, -0.05) is 0 Å². The Morgan fingerprint density at radius 1 is 0.714 bits per heavy atom. The smallest absolute Gasteiger partial charge is 0.375 e. The second kappa shape index (κ2) is 4.75. The molecule has 2 heterocycles. The van der Waals surface area contributed by atoms with Crippen LogP contribution in [0.4, 0.5) is 0 Å². The fourth-order valence-electron chi connectivity index (χ4n) is 2.43. The summed E-state index contributed by atoms with van der Waals surface area (Å²) < 4.78 is 9.16. The molecular formula is C16H30BN4+. The molecule has 2 rings (SSSR count). The highest BCUT2D eigenvalue weighted by Crippen LogP contribution is 2.13. The first-order chi connectivity index (χ1) is 9.42. The molecule has 21 heavy (non-hydrogen) atoms. The first kappa shape index (κ1) is 15.9. The van der Waals surface area contributed by atoms with Crippen LogP contribution in [0.2, 0.25) is 13.6 Å². The Bertz CT molecular complexity index is 569. The molecule has 0 amide bonds. The quantitative estimate of drug-likeness (QED) is 0.756. The van der Waals surface area contributed by atoms with E-state index in [1.165, 1.54) is 0 Å². The van der Waals surface area contributed by atoms with E-state index in [0.717, 1.165) is 0 Å². The average molecular weight is 289 g/mol. The highest BCUT2D eigenvalue weighted by atomic mass is 15.2. The third kappa shape index (κ3) is 3.06. The van der Waals surface area contributed by atoms with Gasteiger partial charge >= 0.3 is 6.42 Å². The molecule has 0 radical (unpaired) electrons. The molecule has 0 aromatic carbocycles. The topological polar surface area (TPSA) is 17.6 Å². The van der Waals surface area contributed by atoms with E-state index in [-0.39, 0.29) is 11.1 Å². The summed E-state index contributed by atoms with van der Waals surface area (Å²) in [7, 11) is 0. The van der Waals surface area contributed by atoms with E-state index in [4.69, 9.17) is 0 Å². The Morgan fingerprint density at radius 3 is 1.29 bits per heavy atom. The summed E-state index contributed by atoms with van der Waals surface area (Å²) >= 11 is 0. The zero-order chi connectivity index (χ0) is 16.1. The van der Waals surface area contributed by atoms with Crippen LogP contribution in [-0.4, -0.2) is 15.6 Å². The molecule has 0 bridgehead atoms. The fraction of sp³-hybridized carbons (Fsp3) is 0.625.